The minimum atomic E-state index is -0.609. The molecular formula is C22H25ClN2O4. The molecule has 1 aromatic heterocycles. The van der Waals surface area contributed by atoms with Crippen molar-refractivity contribution < 1.29 is 19.1 Å². The number of unbranched alkanes of at least 4 members (excludes halogenated alkanes) is 2. The fraction of sp³-hybridized carbons (Fsp3) is 0.364. The average Bonchev–Trinajstić information content (AvgIpc) is 2.73. The highest BCUT2D eigenvalue weighted by Crippen LogP contribution is 2.17. The first-order chi connectivity index (χ1) is 14.0. The van der Waals surface area contributed by atoms with Crippen LogP contribution in [0.15, 0.2) is 42.6 Å². The van der Waals surface area contributed by atoms with E-state index in [9.17, 15) is 14.4 Å². The summed E-state index contributed by atoms with van der Waals surface area (Å²) in [6, 6.07) is 10.7. The Hall–Kier alpha value is -2.73. The number of halogens is 1. The monoisotopic (exact) mass is 416 g/mol. The molecule has 2 rings (SSSR count). The number of aryl methyl sites for hydroxylation is 1. The molecule has 0 radical (unpaired) electrons. The van der Waals surface area contributed by atoms with E-state index in [0.717, 1.165) is 12.8 Å². The molecule has 0 aliphatic carbocycles. The molecule has 1 aromatic carbocycles. The number of rotatable bonds is 11. The Balaban J connectivity index is 1.70. The summed E-state index contributed by atoms with van der Waals surface area (Å²) in [5.41, 5.74) is 2.11. The van der Waals surface area contributed by atoms with Crippen molar-refractivity contribution in [1.29, 1.82) is 0 Å². The lowest BCUT2D eigenvalue weighted by molar-refractivity contribution is -0.147. The second-order valence-electron chi connectivity index (χ2n) is 6.63. The van der Waals surface area contributed by atoms with Crippen LogP contribution in [0.2, 0.25) is 5.15 Å². The van der Waals surface area contributed by atoms with Crippen LogP contribution >= 0.6 is 11.6 Å². The summed E-state index contributed by atoms with van der Waals surface area (Å²) in [6.07, 6.45) is 5.94. The molecule has 0 fully saturated rings. The summed E-state index contributed by atoms with van der Waals surface area (Å²) < 4.78 is 4.91. The van der Waals surface area contributed by atoms with Crippen molar-refractivity contribution in [3.63, 3.8) is 0 Å². The highest BCUT2D eigenvalue weighted by Gasteiger charge is 2.13. The molecule has 0 saturated heterocycles. The number of hydrogen-bond acceptors (Lipinski definition) is 5. The minimum absolute atomic E-state index is 0.0318. The standard InChI is InChI=1S/C22H25ClN2O4/c1-2-3-4-6-16-8-10-17(11-9-16)19(26)12-13-21(28)29-15-20(27)25-18-7-5-14-24-22(18)23/h5,7-11,14H,2-4,6,12-13,15H2,1H3,(H,25,27). The number of ether oxygens (including phenoxy) is 1. The third kappa shape index (κ3) is 8.03. The maximum atomic E-state index is 12.2. The van der Waals surface area contributed by atoms with Crippen molar-refractivity contribution in [2.24, 2.45) is 0 Å². The lowest BCUT2D eigenvalue weighted by atomic mass is 10.0. The number of aromatic nitrogens is 1. The highest BCUT2D eigenvalue weighted by atomic mass is 35.5. The Morgan fingerprint density at radius 3 is 2.52 bits per heavy atom. The van der Waals surface area contributed by atoms with E-state index in [-0.39, 0.29) is 23.8 Å². The van der Waals surface area contributed by atoms with Gasteiger partial charge in [0, 0.05) is 18.2 Å². The van der Waals surface area contributed by atoms with E-state index < -0.39 is 18.5 Å². The molecule has 1 amide bonds. The van der Waals surface area contributed by atoms with E-state index in [2.05, 4.69) is 17.2 Å². The SMILES string of the molecule is CCCCCc1ccc(C(=O)CCC(=O)OCC(=O)Nc2cccnc2Cl)cc1. The van der Waals surface area contributed by atoms with Crippen LogP contribution in [-0.4, -0.2) is 29.3 Å². The molecule has 0 aliphatic heterocycles. The number of ketones is 1. The molecule has 0 aliphatic rings. The lowest BCUT2D eigenvalue weighted by Crippen LogP contribution is -2.21. The first-order valence-electron chi connectivity index (χ1n) is 9.67. The fourth-order valence-electron chi connectivity index (χ4n) is 2.68. The van der Waals surface area contributed by atoms with Gasteiger partial charge >= 0.3 is 5.97 Å². The van der Waals surface area contributed by atoms with Gasteiger partial charge in [0.25, 0.3) is 5.91 Å². The number of anilines is 1. The molecule has 7 heteroatoms. The summed E-state index contributed by atoms with van der Waals surface area (Å²) in [5.74, 6) is -1.27. The van der Waals surface area contributed by atoms with Crippen molar-refractivity contribution in [3.05, 3.63) is 58.9 Å². The number of nitrogens with zero attached hydrogens (tertiary/aromatic N) is 1. The van der Waals surface area contributed by atoms with Gasteiger partial charge in [0.05, 0.1) is 12.1 Å². The van der Waals surface area contributed by atoms with Gasteiger partial charge in [-0.05, 0) is 30.5 Å². The quantitative estimate of drug-likeness (QED) is 0.250. The molecule has 0 unspecified atom stereocenters. The van der Waals surface area contributed by atoms with Crippen molar-refractivity contribution in [2.75, 3.05) is 11.9 Å². The van der Waals surface area contributed by atoms with E-state index in [4.69, 9.17) is 16.3 Å². The van der Waals surface area contributed by atoms with Crippen LogP contribution in [0.3, 0.4) is 0 Å². The van der Waals surface area contributed by atoms with E-state index in [1.165, 1.54) is 24.6 Å². The Morgan fingerprint density at radius 2 is 1.83 bits per heavy atom. The minimum Gasteiger partial charge on any atom is -0.456 e. The number of esters is 1. The fourth-order valence-corrected chi connectivity index (χ4v) is 2.85. The molecular weight excluding hydrogens is 392 g/mol. The number of carbonyl (C=O) groups excluding carboxylic acids is 3. The van der Waals surface area contributed by atoms with Gasteiger partial charge in [-0.2, -0.15) is 0 Å². The molecule has 0 spiro atoms. The average molecular weight is 417 g/mol. The zero-order valence-electron chi connectivity index (χ0n) is 16.4. The Labute approximate surface area is 175 Å². The summed E-state index contributed by atoms with van der Waals surface area (Å²) >= 11 is 5.84. The van der Waals surface area contributed by atoms with Crippen LogP contribution in [0.1, 0.15) is 54.9 Å². The van der Waals surface area contributed by atoms with Crippen LogP contribution in [0, 0.1) is 0 Å². The van der Waals surface area contributed by atoms with Crippen molar-refractivity contribution in [2.45, 2.75) is 45.4 Å². The maximum Gasteiger partial charge on any atom is 0.306 e. The third-order valence-corrected chi connectivity index (χ3v) is 4.60. The van der Waals surface area contributed by atoms with Crippen LogP contribution in [-0.2, 0) is 20.7 Å². The van der Waals surface area contributed by atoms with Gasteiger partial charge in [0.1, 0.15) is 0 Å². The Morgan fingerprint density at radius 1 is 1.07 bits per heavy atom. The van der Waals surface area contributed by atoms with Crippen molar-refractivity contribution in [3.8, 4) is 0 Å². The van der Waals surface area contributed by atoms with E-state index in [1.54, 1.807) is 24.3 Å². The zero-order valence-corrected chi connectivity index (χ0v) is 17.2. The lowest BCUT2D eigenvalue weighted by Gasteiger charge is -2.07. The molecule has 1 heterocycles. The summed E-state index contributed by atoms with van der Waals surface area (Å²) in [7, 11) is 0. The number of carbonyl (C=O) groups is 3. The van der Waals surface area contributed by atoms with Crippen molar-refractivity contribution in [1.82, 2.24) is 4.98 Å². The van der Waals surface area contributed by atoms with E-state index in [1.807, 2.05) is 12.1 Å². The normalized spacial score (nSPS) is 10.4. The third-order valence-electron chi connectivity index (χ3n) is 4.30. The van der Waals surface area contributed by atoms with E-state index in [0.29, 0.717) is 11.3 Å². The molecule has 6 nitrogen and oxygen atoms in total. The van der Waals surface area contributed by atoms with Gasteiger partial charge in [0.2, 0.25) is 0 Å². The Kier molecular flexibility index (Phi) is 9.31. The second kappa shape index (κ2) is 12.0. The zero-order chi connectivity index (χ0) is 21.1. The molecule has 0 bridgehead atoms. The first-order valence-corrected chi connectivity index (χ1v) is 10.1. The van der Waals surface area contributed by atoms with Gasteiger partial charge in [0.15, 0.2) is 17.5 Å². The number of hydrogen-bond donors (Lipinski definition) is 1. The molecule has 0 saturated carbocycles. The van der Waals surface area contributed by atoms with Crippen molar-refractivity contribution >= 4 is 34.9 Å². The predicted octanol–water partition coefficient (Wildman–Crippen LogP) is 4.61. The smallest absolute Gasteiger partial charge is 0.306 e. The van der Waals surface area contributed by atoms with Gasteiger partial charge in [-0.3, -0.25) is 14.4 Å². The van der Waals surface area contributed by atoms with Crippen LogP contribution in [0.25, 0.3) is 0 Å². The summed E-state index contributed by atoms with van der Waals surface area (Å²) in [4.78, 5) is 39.7. The maximum absolute atomic E-state index is 12.2. The molecule has 1 N–H and O–H groups in total. The summed E-state index contributed by atoms with van der Waals surface area (Å²) in [5, 5.41) is 2.65. The predicted molar refractivity (Wildman–Crippen MR) is 112 cm³/mol. The second-order valence-corrected chi connectivity index (χ2v) is 6.99. The molecule has 2 aromatic rings. The number of pyridine rings is 1. The molecule has 154 valence electrons. The van der Waals surface area contributed by atoms with Gasteiger partial charge in [-0.25, -0.2) is 4.98 Å². The first kappa shape index (κ1) is 22.6. The van der Waals surface area contributed by atoms with Gasteiger partial charge in [-0.15, -0.1) is 0 Å². The van der Waals surface area contributed by atoms with Crippen LogP contribution < -0.4 is 5.32 Å². The summed E-state index contributed by atoms with van der Waals surface area (Å²) in [6.45, 7) is 1.71. The number of Topliss-reactive ketones (excluding diaryl/α,β-unsaturated/α-hetero) is 1. The number of nitrogens with one attached hydrogen (secondary N) is 1. The molecule has 0 atom stereocenters. The number of benzene rings is 1. The Bertz CT molecular complexity index is 837. The van der Waals surface area contributed by atoms with Crippen LogP contribution in [0.4, 0.5) is 5.69 Å². The van der Waals surface area contributed by atoms with Gasteiger partial charge < -0.3 is 10.1 Å². The number of amides is 1. The van der Waals surface area contributed by atoms with Crippen LogP contribution in [0.5, 0.6) is 0 Å². The largest absolute Gasteiger partial charge is 0.456 e. The topological polar surface area (TPSA) is 85.4 Å². The van der Waals surface area contributed by atoms with Gasteiger partial charge in [-0.1, -0.05) is 55.6 Å². The highest BCUT2D eigenvalue weighted by molar-refractivity contribution is 6.32. The van der Waals surface area contributed by atoms with E-state index >= 15 is 0 Å². The molecule has 29 heavy (non-hydrogen) atoms.